The molecule has 5 aromatic rings. The minimum absolute atomic E-state index is 0.279. The Balaban J connectivity index is 1.50. The van der Waals surface area contributed by atoms with E-state index in [0.29, 0.717) is 23.1 Å². The lowest BCUT2D eigenvalue weighted by Crippen LogP contribution is -1.83. The molecule has 3 aromatic heterocycles. The van der Waals surface area contributed by atoms with E-state index < -0.39 is 0 Å². The molecule has 0 saturated heterocycles. The van der Waals surface area contributed by atoms with Crippen LogP contribution in [0.1, 0.15) is 0 Å². The van der Waals surface area contributed by atoms with Crippen LogP contribution in [0.15, 0.2) is 58.4 Å². The maximum absolute atomic E-state index is 13.1. The molecule has 8 heteroatoms. The molecule has 0 bridgehead atoms. The van der Waals surface area contributed by atoms with Crippen molar-refractivity contribution in [3.8, 4) is 33.7 Å². The number of halogens is 1. The average molecular weight is 363 g/mol. The lowest BCUT2D eigenvalue weighted by Gasteiger charge is -1.94. The number of fused-ring (bicyclic) bond motifs is 1. The van der Waals surface area contributed by atoms with Gasteiger partial charge in [0.05, 0.1) is 5.52 Å². The van der Waals surface area contributed by atoms with Gasteiger partial charge < -0.3 is 4.52 Å². The number of nitrogens with zero attached hydrogens (tertiary/aromatic N) is 4. The molecule has 6 nitrogen and oxygen atoms in total. The van der Waals surface area contributed by atoms with Gasteiger partial charge in [0.25, 0.3) is 5.89 Å². The summed E-state index contributed by atoms with van der Waals surface area (Å²) in [5, 5.41) is 14.8. The third-order valence-electron chi connectivity index (χ3n) is 3.92. The fraction of sp³-hybridized carbons (Fsp3) is 0. The molecule has 0 aliphatic heterocycles. The first-order valence-electron chi connectivity index (χ1n) is 7.77. The van der Waals surface area contributed by atoms with Gasteiger partial charge in [-0.2, -0.15) is 10.1 Å². The summed E-state index contributed by atoms with van der Waals surface area (Å²) in [5.41, 5.74) is 2.94. The van der Waals surface area contributed by atoms with Crippen LogP contribution in [-0.4, -0.2) is 25.3 Å². The van der Waals surface area contributed by atoms with Crippen LogP contribution in [0, 0.1) is 5.82 Å². The molecule has 0 unspecified atom stereocenters. The number of H-pyrrole nitrogens is 1. The number of rotatable bonds is 3. The second-order valence-electron chi connectivity index (χ2n) is 5.59. The summed E-state index contributed by atoms with van der Waals surface area (Å²) in [4.78, 5) is 8.93. The molecule has 0 atom stereocenters. The topological polar surface area (TPSA) is 80.5 Å². The van der Waals surface area contributed by atoms with E-state index in [1.54, 1.807) is 12.1 Å². The highest BCUT2D eigenvalue weighted by atomic mass is 32.1. The van der Waals surface area contributed by atoms with Crippen molar-refractivity contribution in [2.45, 2.75) is 0 Å². The van der Waals surface area contributed by atoms with Crippen molar-refractivity contribution in [2.75, 3.05) is 0 Å². The zero-order chi connectivity index (χ0) is 17.5. The fourth-order valence-corrected chi connectivity index (χ4v) is 3.45. The first kappa shape index (κ1) is 14.9. The van der Waals surface area contributed by atoms with E-state index >= 15 is 0 Å². The van der Waals surface area contributed by atoms with E-state index in [0.717, 1.165) is 21.5 Å². The monoisotopic (exact) mass is 363 g/mol. The van der Waals surface area contributed by atoms with Crippen molar-refractivity contribution < 1.29 is 8.91 Å². The predicted molar refractivity (Wildman–Crippen MR) is 95.9 cm³/mol. The van der Waals surface area contributed by atoms with Gasteiger partial charge in [0.2, 0.25) is 5.82 Å². The SMILES string of the molecule is Fc1ccc(-c2nc(-c3nc(-c4n[nH]c5ccccc45)no3)cs2)cc1. The smallest absolute Gasteiger partial charge is 0.277 e. The number of aromatic amines is 1. The highest BCUT2D eigenvalue weighted by molar-refractivity contribution is 7.13. The normalized spacial score (nSPS) is 11.3. The predicted octanol–water partition coefficient (Wildman–Crippen LogP) is 4.54. The van der Waals surface area contributed by atoms with E-state index in [4.69, 9.17) is 4.52 Å². The van der Waals surface area contributed by atoms with Crippen LogP contribution in [0.5, 0.6) is 0 Å². The summed E-state index contributed by atoms with van der Waals surface area (Å²) < 4.78 is 18.4. The van der Waals surface area contributed by atoms with Crippen LogP contribution in [0.4, 0.5) is 4.39 Å². The lowest BCUT2D eigenvalue weighted by molar-refractivity contribution is 0.431. The zero-order valence-electron chi connectivity index (χ0n) is 13.2. The number of nitrogens with one attached hydrogen (secondary N) is 1. The molecular formula is C18H10FN5OS. The molecule has 0 saturated carbocycles. The Morgan fingerprint density at radius 3 is 2.73 bits per heavy atom. The molecule has 26 heavy (non-hydrogen) atoms. The molecule has 0 spiro atoms. The van der Waals surface area contributed by atoms with Crippen LogP contribution in [0.3, 0.4) is 0 Å². The number of hydrogen-bond donors (Lipinski definition) is 1. The summed E-state index contributed by atoms with van der Waals surface area (Å²) in [6.07, 6.45) is 0. The lowest BCUT2D eigenvalue weighted by atomic mass is 10.2. The van der Waals surface area contributed by atoms with Crippen LogP contribution in [-0.2, 0) is 0 Å². The fourth-order valence-electron chi connectivity index (χ4n) is 2.65. The van der Waals surface area contributed by atoms with E-state index in [9.17, 15) is 4.39 Å². The number of hydrogen-bond acceptors (Lipinski definition) is 6. The van der Waals surface area contributed by atoms with Crippen molar-refractivity contribution in [3.63, 3.8) is 0 Å². The van der Waals surface area contributed by atoms with Crippen LogP contribution < -0.4 is 0 Å². The van der Waals surface area contributed by atoms with Crippen molar-refractivity contribution in [1.82, 2.24) is 25.3 Å². The standard InChI is InChI=1S/C18H10FN5OS/c19-11-7-5-10(6-8-11)18-20-14(9-26-18)17-21-16(24-25-17)15-12-3-1-2-4-13(12)22-23-15/h1-9H,(H,22,23). The minimum Gasteiger partial charge on any atom is -0.332 e. The van der Waals surface area contributed by atoms with Gasteiger partial charge in [0.15, 0.2) is 0 Å². The Kier molecular flexibility index (Phi) is 3.36. The summed E-state index contributed by atoms with van der Waals surface area (Å²) in [5.74, 6) is 0.434. The molecule has 0 aliphatic carbocycles. The van der Waals surface area contributed by atoms with Crippen molar-refractivity contribution in [3.05, 3.63) is 59.7 Å². The van der Waals surface area contributed by atoms with Gasteiger partial charge in [-0.25, -0.2) is 9.37 Å². The summed E-state index contributed by atoms with van der Waals surface area (Å²) in [6, 6.07) is 13.9. The van der Waals surface area contributed by atoms with Gasteiger partial charge in [0.1, 0.15) is 22.2 Å². The maximum atomic E-state index is 13.1. The van der Waals surface area contributed by atoms with Crippen LogP contribution >= 0.6 is 11.3 Å². The molecule has 3 heterocycles. The molecular weight excluding hydrogens is 353 g/mol. The van der Waals surface area contributed by atoms with Gasteiger partial charge in [-0.1, -0.05) is 23.4 Å². The maximum Gasteiger partial charge on any atom is 0.277 e. The molecule has 1 N–H and O–H groups in total. The van der Waals surface area contributed by atoms with Gasteiger partial charge in [-0.3, -0.25) is 5.10 Å². The molecule has 0 amide bonds. The molecule has 5 rings (SSSR count). The van der Waals surface area contributed by atoms with Gasteiger partial charge in [-0.15, -0.1) is 11.3 Å². The van der Waals surface area contributed by atoms with Crippen molar-refractivity contribution >= 4 is 22.2 Å². The van der Waals surface area contributed by atoms with Crippen LogP contribution in [0.25, 0.3) is 44.6 Å². The van der Waals surface area contributed by atoms with Gasteiger partial charge in [0, 0.05) is 16.3 Å². The number of thiazole rings is 1. The van der Waals surface area contributed by atoms with E-state index in [2.05, 4.69) is 25.3 Å². The Bertz CT molecular complexity index is 1210. The number of benzene rings is 2. The largest absolute Gasteiger partial charge is 0.332 e. The molecule has 0 fully saturated rings. The first-order chi connectivity index (χ1) is 12.8. The van der Waals surface area contributed by atoms with E-state index in [1.807, 2.05) is 29.6 Å². The van der Waals surface area contributed by atoms with E-state index in [-0.39, 0.29) is 5.82 Å². The minimum atomic E-state index is -0.279. The highest BCUT2D eigenvalue weighted by Crippen LogP contribution is 2.30. The molecule has 126 valence electrons. The third-order valence-corrected chi connectivity index (χ3v) is 4.81. The zero-order valence-corrected chi connectivity index (χ0v) is 14.0. The summed E-state index contributed by atoms with van der Waals surface area (Å²) in [7, 11) is 0. The number of para-hydroxylation sites is 1. The van der Waals surface area contributed by atoms with Gasteiger partial charge >= 0.3 is 0 Å². The van der Waals surface area contributed by atoms with Crippen molar-refractivity contribution in [2.24, 2.45) is 0 Å². The summed E-state index contributed by atoms with van der Waals surface area (Å²) >= 11 is 1.43. The molecule has 2 aromatic carbocycles. The Hall–Kier alpha value is -3.39. The van der Waals surface area contributed by atoms with Crippen molar-refractivity contribution in [1.29, 1.82) is 0 Å². The Morgan fingerprint density at radius 1 is 1.00 bits per heavy atom. The second-order valence-corrected chi connectivity index (χ2v) is 6.44. The van der Waals surface area contributed by atoms with Gasteiger partial charge in [-0.05, 0) is 30.3 Å². The molecule has 0 radical (unpaired) electrons. The second kappa shape index (κ2) is 5.85. The molecule has 0 aliphatic rings. The Labute approximate surface area is 150 Å². The average Bonchev–Trinajstić information content (AvgIpc) is 3.40. The summed E-state index contributed by atoms with van der Waals surface area (Å²) in [6.45, 7) is 0. The third kappa shape index (κ3) is 2.47. The number of aromatic nitrogens is 5. The highest BCUT2D eigenvalue weighted by Gasteiger charge is 2.17. The Morgan fingerprint density at radius 2 is 1.85 bits per heavy atom. The van der Waals surface area contributed by atoms with Crippen LogP contribution in [0.2, 0.25) is 0 Å². The quantitative estimate of drug-likeness (QED) is 0.509. The van der Waals surface area contributed by atoms with E-state index in [1.165, 1.54) is 23.5 Å². The first-order valence-corrected chi connectivity index (χ1v) is 8.65.